The second-order valence-corrected chi connectivity index (χ2v) is 13.3. The first-order valence-corrected chi connectivity index (χ1v) is 19.8. The highest BCUT2D eigenvalue weighted by Gasteiger charge is 2.40. The van der Waals surface area contributed by atoms with Crippen LogP contribution in [0.5, 0.6) is 0 Å². The molecule has 3 rings (SSSR count). The van der Waals surface area contributed by atoms with Crippen molar-refractivity contribution in [2.24, 2.45) is 11.8 Å². The quantitative estimate of drug-likeness (QED) is 0.153. The molecule has 7 nitrogen and oxygen atoms in total. The standard InChI is InChI=1S/C24H43N3O2.C8H17NO.C3H8.2C2H6/c1-4-24(15-10-7-11-16-24)26-23(29)25-21(20-12-8-5-6-9-13-20)22(28)27-17-14-18(2)19(27)3;1-3-5-6-8(4-2)9-7-10;1-3-2;2*1-2/h18-21H,4-17H2,1-3H3,(H2,25,26,29);7-8H,3-6H2,1-2H3,(H,9,10);3H2,1-2H3;2*1-2H3. The lowest BCUT2D eigenvalue weighted by Crippen LogP contribution is -2.59. The van der Waals surface area contributed by atoms with E-state index in [-0.39, 0.29) is 35.5 Å². The molecule has 0 radical (unpaired) electrons. The molecule has 2 saturated carbocycles. The number of amides is 4. The van der Waals surface area contributed by atoms with E-state index in [4.69, 9.17) is 0 Å². The summed E-state index contributed by atoms with van der Waals surface area (Å²) in [6.07, 6.45) is 21.3. The van der Waals surface area contributed by atoms with Crippen LogP contribution in [0.4, 0.5) is 4.79 Å². The molecule has 0 aromatic heterocycles. The van der Waals surface area contributed by atoms with Crippen LogP contribution in [0.25, 0.3) is 0 Å². The molecule has 1 heterocycles. The maximum Gasteiger partial charge on any atom is 0.315 e. The van der Waals surface area contributed by atoms with Gasteiger partial charge in [0.25, 0.3) is 0 Å². The van der Waals surface area contributed by atoms with Crippen molar-refractivity contribution >= 4 is 18.3 Å². The van der Waals surface area contributed by atoms with E-state index in [0.717, 1.165) is 64.3 Å². The Kier molecular flexibility index (Phi) is 29.6. The number of carbonyl (C=O) groups excluding carboxylic acids is 3. The Balaban J connectivity index is 0. The van der Waals surface area contributed by atoms with Crippen molar-refractivity contribution in [1.29, 1.82) is 0 Å². The van der Waals surface area contributed by atoms with E-state index < -0.39 is 0 Å². The highest BCUT2D eigenvalue weighted by molar-refractivity contribution is 5.88. The minimum Gasteiger partial charge on any atom is -0.356 e. The predicted molar refractivity (Wildman–Crippen MR) is 199 cm³/mol. The summed E-state index contributed by atoms with van der Waals surface area (Å²) in [5.41, 5.74) is -0.0885. The largest absolute Gasteiger partial charge is 0.356 e. The summed E-state index contributed by atoms with van der Waals surface area (Å²) < 4.78 is 0. The summed E-state index contributed by atoms with van der Waals surface area (Å²) in [5, 5.41) is 9.29. The molecule has 274 valence electrons. The SMILES string of the molecule is CC.CC.CCC.CCC1(NC(=O)NC(C(=O)N2CCC(C)C2C)C2CCCCCC2)CCCCC1.CCCCC(CC)NC=O. The number of likely N-dealkylation sites (tertiary alicyclic amines) is 1. The molecule has 4 atom stereocenters. The van der Waals surface area contributed by atoms with E-state index >= 15 is 0 Å². The summed E-state index contributed by atoms with van der Waals surface area (Å²) in [4.78, 5) is 38.7. The average molecular weight is 653 g/mol. The van der Waals surface area contributed by atoms with E-state index in [1.807, 2.05) is 32.6 Å². The van der Waals surface area contributed by atoms with Crippen molar-refractivity contribution in [2.45, 2.75) is 215 Å². The Morgan fingerprint density at radius 2 is 1.39 bits per heavy atom. The number of nitrogens with one attached hydrogen (secondary N) is 3. The van der Waals surface area contributed by atoms with Crippen molar-refractivity contribution < 1.29 is 14.4 Å². The summed E-state index contributed by atoms with van der Waals surface area (Å²) in [6.45, 7) is 23.9. The summed E-state index contributed by atoms with van der Waals surface area (Å²) in [5.74, 6) is 0.953. The Bertz CT molecular complexity index is 733. The number of unbranched alkanes of at least 4 members (excludes halogenated alkanes) is 1. The molecule has 0 aromatic rings. The lowest BCUT2D eigenvalue weighted by molar-refractivity contribution is -0.135. The van der Waals surface area contributed by atoms with Crippen molar-refractivity contribution in [1.82, 2.24) is 20.9 Å². The number of carbonyl (C=O) groups is 3. The van der Waals surface area contributed by atoms with E-state index in [1.165, 1.54) is 64.2 Å². The zero-order valence-corrected chi connectivity index (χ0v) is 32.6. The van der Waals surface area contributed by atoms with Crippen molar-refractivity contribution in [3.8, 4) is 0 Å². The van der Waals surface area contributed by atoms with E-state index in [9.17, 15) is 14.4 Å². The molecule has 0 bridgehead atoms. The fourth-order valence-electron chi connectivity index (χ4n) is 6.78. The second kappa shape index (κ2) is 29.4. The molecule has 3 N–H and O–H groups in total. The summed E-state index contributed by atoms with van der Waals surface area (Å²) >= 11 is 0. The van der Waals surface area contributed by atoms with Crippen LogP contribution in [0.1, 0.15) is 192 Å². The molecule has 1 saturated heterocycles. The fraction of sp³-hybridized carbons (Fsp3) is 0.923. The third-order valence-electron chi connectivity index (χ3n) is 9.92. The monoisotopic (exact) mass is 653 g/mol. The summed E-state index contributed by atoms with van der Waals surface area (Å²) in [6, 6.07) is 0.160. The van der Waals surface area contributed by atoms with Crippen LogP contribution < -0.4 is 16.0 Å². The molecule has 4 unspecified atom stereocenters. The van der Waals surface area contributed by atoms with Gasteiger partial charge >= 0.3 is 6.03 Å². The number of urea groups is 1. The van der Waals surface area contributed by atoms with Gasteiger partial charge in [-0.15, -0.1) is 0 Å². The minimum atomic E-state index is -0.377. The molecule has 0 spiro atoms. The molecule has 46 heavy (non-hydrogen) atoms. The average Bonchev–Trinajstić information content (AvgIpc) is 3.24. The zero-order valence-electron chi connectivity index (χ0n) is 32.6. The number of hydrogen-bond acceptors (Lipinski definition) is 3. The van der Waals surface area contributed by atoms with Gasteiger partial charge in [-0.3, -0.25) is 9.59 Å². The van der Waals surface area contributed by atoms with Crippen LogP contribution in [0.3, 0.4) is 0 Å². The van der Waals surface area contributed by atoms with Crippen molar-refractivity contribution in [2.75, 3.05) is 6.54 Å². The van der Waals surface area contributed by atoms with E-state index in [2.05, 4.69) is 64.4 Å². The van der Waals surface area contributed by atoms with Gasteiger partial charge in [0.05, 0.1) is 0 Å². The van der Waals surface area contributed by atoms with Gasteiger partial charge in [0, 0.05) is 24.2 Å². The second-order valence-electron chi connectivity index (χ2n) is 13.3. The van der Waals surface area contributed by atoms with Gasteiger partial charge in [-0.05, 0) is 70.1 Å². The highest BCUT2D eigenvalue weighted by atomic mass is 16.2. The van der Waals surface area contributed by atoms with Crippen LogP contribution in [-0.4, -0.2) is 53.5 Å². The van der Waals surface area contributed by atoms with Gasteiger partial charge in [0.1, 0.15) is 6.04 Å². The molecular weight excluding hydrogens is 572 g/mol. The maximum absolute atomic E-state index is 13.6. The van der Waals surface area contributed by atoms with E-state index in [0.29, 0.717) is 12.0 Å². The van der Waals surface area contributed by atoms with Crippen molar-refractivity contribution in [3.05, 3.63) is 0 Å². The Morgan fingerprint density at radius 1 is 0.848 bits per heavy atom. The van der Waals surface area contributed by atoms with Gasteiger partial charge in [0.2, 0.25) is 12.3 Å². The molecule has 3 fully saturated rings. The molecule has 2 aliphatic carbocycles. The Morgan fingerprint density at radius 3 is 1.83 bits per heavy atom. The fourth-order valence-corrected chi connectivity index (χ4v) is 6.78. The molecule has 7 heteroatoms. The topological polar surface area (TPSA) is 90.5 Å². The van der Waals surface area contributed by atoms with Gasteiger partial charge in [-0.1, -0.05) is 133 Å². The first-order valence-electron chi connectivity index (χ1n) is 19.8. The van der Waals surface area contributed by atoms with Crippen molar-refractivity contribution in [3.63, 3.8) is 0 Å². The van der Waals surface area contributed by atoms with Crippen LogP contribution in [0, 0.1) is 11.8 Å². The van der Waals surface area contributed by atoms with Gasteiger partial charge < -0.3 is 20.9 Å². The molecule has 1 aliphatic heterocycles. The first kappa shape index (κ1) is 46.3. The molecule has 0 aromatic carbocycles. The van der Waals surface area contributed by atoms with Crippen LogP contribution in [-0.2, 0) is 9.59 Å². The van der Waals surface area contributed by atoms with Crippen LogP contribution in [0.15, 0.2) is 0 Å². The highest BCUT2D eigenvalue weighted by Crippen LogP contribution is 2.32. The van der Waals surface area contributed by atoms with Gasteiger partial charge in [-0.2, -0.15) is 0 Å². The predicted octanol–water partition coefficient (Wildman–Crippen LogP) is 10.2. The lowest BCUT2D eigenvalue weighted by atomic mass is 9.80. The van der Waals surface area contributed by atoms with Crippen LogP contribution >= 0.6 is 0 Å². The zero-order chi connectivity index (χ0) is 35.4. The molecular formula is C39H80N4O3. The lowest BCUT2D eigenvalue weighted by Gasteiger charge is -2.39. The molecule has 4 amide bonds. The number of rotatable bonds is 11. The summed E-state index contributed by atoms with van der Waals surface area (Å²) in [7, 11) is 0. The van der Waals surface area contributed by atoms with E-state index in [1.54, 1.807) is 0 Å². The smallest absolute Gasteiger partial charge is 0.315 e. The maximum atomic E-state index is 13.6. The van der Waals surface area contributed by atoms with Crippen LogP contribution in [0.2, 0.25) is 0 Å². The Hall–Kier alpha value is -1.79. The normalized spacial score (nSPS) is 21.8. The first-order chi connectivity index (χ1) is 22.2. The van der Waals surface area contributed by atoms with Gasteiger partial charge in [-0.25, -0.2) is 4.79 Å². The third-order valence-corrected chi connectivity index (χ3v) is 9.92. The number of hydrogen-bond donors (Lipinski definition) is 3. The van der Waals surface area contributed by atoms with Gasteiger partial charge in [0.15, 0.2) is 0 Å². The third kappa shape index (κ3) is 17.9. The molecule has 3 aliphatic rings. The minimum absolute atomic E-state index is 0.0885. The number of nitrogens with zero attached hydrogens (tertiary/aromatic N) is 1. The Labute approximate surface area is 287 Å².